The topological polar surface area (TPSA) is 59.0 Å². The van der Waals surface area contributed by atoms with Gasteiger partial charge in [-0.1, -0.05) is 19.8 Å². The van der Waals surface area contributed by atoms with Gasteiger partial charge < -0.3 is 0 Å². The van der Waals surface area contributed by atoms with E-state index in [1.165, 1.54) is 31.4 Å². The van der Waals surface area contributed by atoms with Crippen molar-refractivity contribution in [1.82, 2.24) is 5.32 Å². The van der Waals surface area contributed by atoms with Crippen molar-refractivity contribution in [1.29, 1.82) is 0 Å². The number of hydrogen-bond acceptors (Lipinski definition) is 4. The molecule has 2 atom stereocenters. The van der Waals surface area contributed by atoms with Gasteiger partial charge in [-0.2, -0.15) is 0 Å². The predicted molar refractivity (Wildman–Crippen MR) is 54.1 cm³/mol. The lowest BCUT2D eigenvalue weighted by Gasteiger charge is -2.26. The van der Waals surface area contributed by atoms with Crippen LogP contribution in [-0.2, 0) is 0 Å². The van der Waals surface area contributed by atoms with Crippen molar-refractivity contribution in [2.75, 3.05) is 0 Å². The second kappa shape index (κ2) is 3.12. The third-order valence-corrected chi connectivity index (χ3v) is 3.65. The molecule has 3 aliphatic rings. The average Bonchev–Trinajstić information content (AvgIpc) is 2.97. The lowest BCUT2D eigenvalue weighted by Crippen LogP contribution is -2.27. The molecule has 4 heteroatoms. The van der Waals surface area contributed by atoms with Gasteiger partial charge in [0.2, 0.25) is 0 Å². The van der Waals surface area contributed by atoms with Crippen LogP contribution in [0.25, 0.3) is 0 Å². The summed E-state index contributed by atoms with van der Waals surface area (Å²) in [5.74, 6) is 1.58. The van der Waals surface area contributed by atoms with E-state index in [1.54, 1.807) is 0 Å². The highest BCUT2D eigenvalue weighted by Crippen LogP contribution is 2.34. The standard InChI is InChI=1S/C10H16N4/c1-6-2-4-7(5-3-6)8-9-10(11-9)13-14-12-8/h6-7,9-11H,2-5H2,1H3. The number of nitrogens with zero attached hydrogens (tertiary/aromatic N) is 3. The van der Waals surface area contributed by atoms with Crippen molar-refractivity contribution in [2.24, 2.45) is 27.3 Å². The number of rotatable bonds is 1. The molecule has 4 nitrogen and oxygen atoms in total. The largest absolute Gasteiger partial charge is 0.281 e. The summed E-state index contributed by atoms with van der Waals surface area (Å²) < 4.78 is 0. The Hall–Kier alpha value is -0.770. The molecule has 1 saturated heterocycles. The highest BCUT2D eigenvalue weighted by atomic mass is 15.5. The fourth-order valence-electron chi connectivity index (χ4n) is 2.56. The molecule has 2 heterocycles. The molecular formula is C10H16N4. The monoisotopic (exact) mass is 192 g/mol. The average molecular weight is 192 g/mol. The summed E-state index contributed by atoms with van der Waals surface area (Å²) >= 11 is 0. The van der Waals surface area contributed by atoms with Crippen LogP contribution in [0.2, 0.25) is 0 Å². The fraction of sp³-hybridized carbons (Fsp3) is 0.900. The zero-order valence-electron chi connectivity index (χ0n) is 8.48. The third-order valence-electron chi connectivity index (χ3n) is 3.65. The summed E-state index contributed by atoms with van der Waals surface area (Å²) in [4.78, 5) is 0. The van der Waals surface area contributed by atoms with Gasteiger partial charge in [-0.15, -0.1) is 10.2 Å². The molecule has 14 heavy (non-hydrogen) atoms. The van der Waals surface area contributed by atoms with E-state index in [0.717, 1.165) is 5.92 Å². The third kappa shape index (κ3) is 1.38. The Balaban J connectivity index is 1.70. The Morgan fingerprint density at radius 3 is 2.79 bits per heavy atom. The normalized spacial score (nSPS) is 45.6. The van der Waals surface area contributed by atoms with Gasteiger partial charge in [0, 0.05) is 5.92 Å². The first-order valence-electron chi connectivity index (χ1n) is 5.58. The molecule has 76 valence electrons. The van der Waals surface area contributed by atoms with Gasteiger partial charge in [-0.05, 0) is 24.0 Å². The smallest absolute Gasteiger partial charge is 0.144 e. The van der Waals surface area contributed by atoms with E-state index in [2.05, 4.69) is 27.7 Å². The summed E-state index contributed by atoms with van der Waals surface area (Å²) in [6.45, 7) is 2.34. The van der Waals surface area contributed by atoms with Gasteiger partial charge in [-0.3, -0.25) is 5.32 Å². The van der Waals surface area contributed by atoms with Crippen molar-refractivity contribution >= 4 is 5.71 Å². The van der Waals surface area contributed by atoms with Gasteiger partial charge in [0.05, 0.1) is 11.8 Å². The van der Waals surface area contributed by atoms with E-state index in [1.807, 2.05) is 0 Å². The van der Waals surface area contributed by atoms with Crippen molar-refractivity contribution in [2.45, 2.75) is 44.8 Å². The van der Waals surface area contributed by atoms with E-state index < -0.39 is 0 Å². The van der Waals surface area contributed by atoms with Crippen LogP contribution in [0.5, 0.6) is 0 Å². The van der Waals surface area contributed by atoms with Crippen LogP contribution in [0, 0.1) is 11.8 Å². The van der Waals surface area contributed by atoms with Crippen LogP contribution in [0.1, 0.15) is 32.6 Å². The van der Waals surface area contributed by atoms with Crippen LogP contribution in [0.3, 0.4) is 0 Å². The fourth-order valence-corrected chi connectivity index (χ4v) is 2.56. The maximum Gasteiger partial charge on any atom is 0.144 e. The lowest BCUT2D eigenvalue weighted by molar-refractivity contribution is 0.341. The highest BCUT2D eigenvalue weighted by molar-refractivity contribution is 5.95. The lowest BCUT2D eigenvalue weighted by atomic mass is 9.79. The molecule has 0 aromatic heterocycles. The Bertz CT molecular complexity index is 288. The molecular weight excluding hydrogens is 176 g/mol. The second-order valence-electron chi connectivity index (χ2n) is 4.78. The first-order chi connectivity index (χ1) is 6.84. The van der Waals surface area contributed by atoms with Crippen molar-refractivity contribution in [3.05, 3.63) is 0 Å². The minimum atomic E-state index is 0.266. The molecule has 0 bridgehead atoms. The Kier molecular flexibility index (Phi) is 1.90. The first-order valence-corrected chi connectivity index (χ1v) is 5.58. The van der Waals surface area contributed by atoms with Crippen molar-refractivity contribution in [3.8, 4) is 0 Å². The zero-order valence-corrected chi connectivity index (χ0v) is 8.48. The van der Waals surface area contributed by atoms with Crippen LogP contribution < -0.4 is 5.32 Å². The first kappa shape index (κ1) is 8.53. The summed E-state index contributed by atoms with van der Waals surface area (Å²) in [6, 6.07) is 0.436. The quantitative estimate of drug-likeness (QED) is 0.634. The van der Waals surface area contributed by atoms with E-state index in [9.17, 15) is 0 Å². The van der Waals surface area contributed by atoms with Gasteiger partial charge in [0.1, 0.15) is 6.17 Å². The Morgan fingerprint density at radius 2 is 2.00 bits per heavy atom. The Labute approximate surface area is 83.9 Å². The number of fused-ring (bicyclic) bond motifs is 1. The molecule has 2 aliphatic heterocycles. The van der Waals surface area contributed by atoms with Gasteiger partial charge in [0.25, 0.3) is 0 Å². The molecule has 3 rings (SSSR count). The van der Waals surface area contributed by atoms with E-state index in [4.69, 9.17) is 0 Å². The van der Waals surface area contributed by atoms with Gasteiger partial charge >= 0.3 is 0 Å². The summed E-state index contributed by atoms with van der Waals surface area (Å²) in [5.41, 5.74) is 1.27. The van der Waals surface area contributed by atoms with E-state index in [-0.39, 0.29) is 6.17 Å². The molecule has 0 spiro atoms. The molecule has 0 aromatic carbocycles. The number of nitrogens with one attached hydrogen (secondary N) is 1. The van der Waals surface area contributed by atoms with Crippen LogP contribution in [0.15, 0.2) is 15.4 Å². The SMILES string of the molecule is CC1CCC(C2=NN=NC3NC23)CC1. The van der Waals surface area contributed by atoms with Crippen LogP contribution >= 0.6 is 0 Å². The van der Waals surface area contributed by atoms with Crippen molar-refractivity contribution < 1.29 is 0 Å². The molecule has 2 fully saturated rings. The molecule has 2 unspecified atom stereocenters. The summed E-state index contributed by atoms with van der Waals surface area (Å²) in [6.07, 6.45) is 5.54. The predicted octanol–water partition coefficient (Wildman–Crippen LogP) is 1.93. The van der Waals surface area contributed by atoms with Crippen LogP contribution in [0.4, 0.5) is 0 Å². The van der Waals surface area contributed by atoms with Crippen molar-refractivity contribution in [3.63, 3.8) is 0 Å². The molecule has 0 amide bonds. The molecule has 1 aliphatic carbocycles. The second-order valence-corrected chi connectivity index (χ2v) is 4.78. The molecule has 1 N–H and O–H groups in total. The maximum absolute atomic E-state index is 4.21. The van der Waals surface area contributed by atoms with Gasteiger partial charge in [-0.25, -0.2) is 0 Å². The van der Waals surface area contributed by atoms with E-state index >= 15 is 0 Å². The molecule has 0 aromatic rings. The maximum atomic E-state index is 4.21. The summed E-state index contributed by atoms with van der Waals surface area (Å²) in [5, 5.41) is 15.3. The van der Waals surface area contributed by atoms with E-state index in [0.29, 0.717) is 12.0 Å². The Morgan fingerprint density at radius 1 is 1.21 bits per heavy atom. The number of hydrogen-bond donors (Lipinski definition) is 1. The summed E-state index contributed by atoms with van der Waals surface area (Å²) in [7, 11) is 0. The van der Waals surface area contributed by atoms with Gasteiger partial charge in [0.15, 0.2) is 0 Å². The molecule has 1 saturated carbocycles. The zero-order chi connectivity index (χ0) is 9.54. The molecule has 0 radical (unpaired) electrons. The highest BCUT2D eigenvalue weighted by Gasteiger charge is 2.45. The minimum Gasteiger partial charge on any atom is -0.281 e. The van der Waals surface area contributed by atoms with Crippen LogP contribution in [-0.4, -0.2) is 17.9 Å². The minimum absolute atomic E-state index is 0.266.